The number of esters is 1. The molecule has 1 aromatic carbocycles. The van der Waals surface area contributed by atoms with Crippen molar-refractivity contribution in [2.45, 2.75) is 19.3 Å². The second-order valence-corrected chi connectivity index (χ2v) is 4.64. The summed E-state index contributed by atoms with van der Waals surface area (Å²) in [7, 11) is 1.46. The summed E-state index contributed by atoms with van der Waals surface area (Å²) in [5.41, 5.74) is 2.49. The zero-order valence-corrected chi connectivity index (χ0v) is 11.6. The molecule has 2 atom stereocenters. The smallest absolute Gasteiger partial charge is 0.310 e. The minimum Gasteiger partial charge on any atom is -0.469 e. The zero-order valence-electron chi connectivity index (χ0n) is 10.8. The predicted molar refractivity (Wildman–Crippen MR) is 74.2 cm³/mol. The van der Waals surface area contributed by atoms with Crippen LogP contribution >= 0.6 is 12.4 Å². The van der Waals surface area contributed by atoms with E-state index in [9.17, 15) is 4.79 Å². The Morgan fingerprint density at radius 2 is 2.00 bits per heavy atom. The lowest BCUT2D eigenvalue weighted by Gasteiger charge is -2.30. The third-order valence-corrected chi connectivity index (χ3v) is 3.49. The fraction of sp³-hybridized carbons (Fsp3) is 0.500. The van der Waals surface area contributed by atoms with E-state index in [-0.39, 0.29) is 30.2 Å². The number of carbonyl (C=O) groups is 1. The Hall–Kier alpha value is -1.06. The van der Waals surface area contributed by atoms with E-state index >= 15 is 0 Å². The minimum absolute atomic E-state index is 0. The van der Waals surface area contributed by atoms with Crippen LogP contribution in [-0.2, 0) is 9.53 Å². The monoisotopic (exact) mass is 269 g/mol. The van der Waals surface area contributed by atoms with E-state index in [1.807, 2.05) is 0 Å². The van der Waals surface area contributed by atoms with Gasteiger partial charge in [-0.15, -0.1) is 12.4 Å². The number of hydrogen-bond donors (Lipinski definition) is 1. The second kappa shape index (κ2) is 6.76. The first kappa shape index (κ1) is 15.0. The summed E-state index contributed by atoms with van der Waals surface area (Å²) in [5, 5.41) is 3.26. The number of piperidine rings is 1. The van der Waals surface area contributed by atoms with Crippen LogP contribution in [0.25, 0.3) is 0 Å². The Labute approximate surface area is 114 Å². The Balaban J connectivity index is 0.00000162. The van der Waals surface area contributed by atoms with Crippen molar-refractivity contribution in [2.75, 3.05) is 20.2 Å². The molecule has 2 unspecified atom stereocenters. The third kappa shape index (κ3) is 3.24. The molecular weight excluding hydrogens is 250 g/mol. The maximum atomic E-state index is 11.8. The minimum atomic E-state index is -0.109. The van der Waals surface area contributed by atoms with Crippen LogP contribution in [-0.4, -0.2) is 26.2 Å². The third-order valence-electron chi connectivity index (χ3n) is 3.49. The average Bonchev–Trinajstić information content (AvgIpc) is 2.39. The van der Waals surface area contributed by atoms with Crippen molar-refractivity contribution in [1.82, 2.24) is 5.32 Å². The molecule has 4 heteroatoms. The van der Waals surface area contributed by atoms with Gasteiger partial charge in [0.2, 0.25) is 0 Å². The van der Waals surface area contributed by atoms with Gasteiger partial charge < -0.3 is 10.1 Å². The summed E-state index contributed by atoms with van der Waals surface area (Å²) in [6.45, 7) is 3.75. The van der Waals surface area contributed by atoms with Gasteiger partial charge in [-0.2, -0.15) is 0 Å². The number of aryl methyl sites for hydroxylation is 1. The Morgan fingerprint density at radius 3 is 2.61 bits per heavy atom. The van der Waals surface area contributed by atoms with Crippen LogP contribution in [0.2, 0.25) is 0 Å². The number of methoxy groups -OCH3 is 1. The van der Waals surface area contributed by atoms with E-state index in [0.29, 0.717) is 6.54 Å². The molecule has 0 aromatic heterocycles. The van der Waals surface area contributed by atoms with Gasteiger partial charge in [-0.1, -0.05) is 29.8 Å². The fourth-order valence-corrected chi connectivity index (χ4v) is 2.47. The lowest BCUT2D eigenvalue weighted by Crippen LogP contribution is -2.40. The molecule has 0 amide bonds. The molecule has 0 aliphatic carbocycles. The van der Waals surface area contributed by atoms with Gasteiger partial charge in [0.05, 0.1) is 13.0 Å². The molecule has 1 aliphatic rings. The number of nitrogens with one attached hydrogen (secondary N) is 1. The van der Waals surface area contributed by atoms with Crippen LogP contribution in [0.5, 0.6) is 0 Å². The molecule has 1 saturated heterocycles. The summed E-state index contributed by atoms with van der Waals surface area (Å²) in [6.07, 6.45) is 0.989. The zero-order chi connectivity index (χ0) is 12.3. The van der Waals surface area contributed by atoms with Crippen molar-refractivity contribution < 1.29 is 9.53 Å². The molecule has 0 bridgehead atoms. The molecular formula is C14H20ClNO2. The van der Waals surface area contributed by atoms with E-state index < -0.39 is 0 Å². The number of halogens is 1. The van der Waals surface area contributed by atoms with Crippen LogP contribution in [0.1, 0.15) is 23.5 Å². The van der Waals surface area contributed by atoms with Crippen LogP contribution in [0.3, 0.4) is 0 Å². The van der Waals surface area contributed by atoms with Crippen molar-refractivity contribution in [3.8, 4) is 0 Å². The maximum absolute atomic E-state index is 11.8. The SMILES string of the molecule is COC(=O)C1CNCCC1c1ccc(C)cc1.Cl. The highest BCUT2D eigenvalue weighted by molar-refractivity contribution is 5.85. The molecule has 1 heterocycles. The largest absolute Gasteiger partial charge is 0.469 e. The summed E-state index contributed by atoms with van der Waals surface area (Å²) in [5.74, 6) is 0.114. The van der Waals surface area contributed by atoms with E-state index in [1.165, 1.54) is 18.2 Å². The van der Waals surface area contributed by atoms with Gasteiger partial charge in [0, 0.05) is 6.54 Å². The number of hydrogen-bond acceptors (Lipinski definition) is 3. The number of benzene rings is 1. The highest BCUT2D eigenvalue weighted by atomic mass is 35.5. The topological polar surface area (TPSA) is 38.3 Å². The lowest BCUT2D eigenvalue weighted by molar-refractivity contribution is -0.146. The van der Waals surface area contributed by atoms with Gasteiger partial charge in [-0.05, 0) is 31.4 Å². The van der Waals surface area contributed by atoms with Crippen molar-refractivity contribution in [1.29, 1.82) is 0 Å². The quantitative estimate of drug-likeness (QED) is 0.837. The van der Waals surface area contributed by atoms with Crippen LogP contribution in [0.15, 0.2) is 24.3 Å². The Morgan fingerprint density at radius 1 is 1.33 bits per heavy atom. The average molecular weight is 270 g/mol. The molecule has 1 aliphatic heterocycles. The molecule has 1 N–H and O–H groups in total. The molecule has 18 heavy (non-hydrogen) atoms. The van der Waals surface area contributed by atoms with Gasteiger partial charge in [-0.25, -0.2) is 0 Å². The highest BCUT2D eigenvalue weighted by Gasteiger charge is 2.32. The van der Waals surface area contributed by atoms with Gasteiger partial charge in [0.25, 0.3) is 0 Å². The Bertz CT molecular complexity index is 391. The fourth-order valence-electron chi connectivity index (χ4n) is 2.47. The van der Waals surface area contributed by atoms with Crippen molar-refractivity contribution in [2.24, 2.45) is 5.92 Å². The van der Waals surface area contributed by atoms with Crippen LogP contribution in [0.4, 0.5) is 0 Å². The normalized spacial score (nSPS) is 23.0. The summed E-state index contributed by atoms with van der Waals surface area (Å²) >= 11 is 0. The maximum Gasteiger partial charge on any atom is 0.310 e. The molecule has 0 spiro atoms. The number of ether oxygens (including phenoxy) is 1. The molecule has 0 saturated carbocycles. The first-order chi connectivity index (χ1) is 8.22. The number of rotatable bonds is 2. The molecule has 0 radical (unpaired) electrons. The number of carbonyl (C=O) groups excluding carboxylic acids is 1. The van der Waals surface area contributed by atoms with E-state index in [0.717, 1.165) is 13.0 Å². The summed E-state index contributed by atoms with van der Waals surface area (Å²) in [4.78, 5) is 11.8. The van der Waals surface area contributed by atoms with Crippen molar-refractivity contribution in [3.05, 3.63) is 35.4 Å². The highest BCUT2D eigenvalue weighted by Crippen LogP contribution is 2.31. The summed E-state index contributed by atoms with van der Waals surface area (Å²) in [6, 6.07) is 8.46. The Kier molecular flexibility index (Phi) is 5.63. The predicted octanol–water partition coefficient (Wildman–Crippen LogP) is 2.28. The molecule has 3 nitrogen and oxygen atoms in total. The standard InChI is InChI=1S/C14H19NO2.ClH/c1-10-3-5-11(6-4-10)12-7-8-15-9-13(12)14(16)17-2;/h3-6,12-13,15H,7-9H2,1-2H3;1H. The van der Waals surface area contributed by atoms with Crippen molar-refractivity contribution >= 4 is 18.4 Å². The van der Waals surface area contributed by atoms with E-state index in [1.54, 1.807) is 0 Å². The first-order valence-electron chi connectivity index (χ1n) is 6.07. The molecule has 1 fully saturated rings. The van der Waals surface area contributed by atoms with Gasteiger partial charge in [0.15, 0.2) is 0 Å². The van der Waals surface area contributed by atoms with Crippen molar-refractivity contribution in [3.63, 3.8) is 0 Å². The first-order valence-corrected chi connectivity index (χ1v) is 6.07. The second-order valence-electron chi connectivity index (χ2n) is 4.64. The molecule has 2 rings (SSSR count). The van der Waals surface area contributed by atoms with Crippen LogP contribution < -0.4 is 5.32 Å². The van der Waals surface area contributed by atoms with E-state index in [2.05, 4.69) is 36.5 Å². The van der Waals surface area contributed by atoms with E-state index in [4.69, 9.17) is 4.74 Å². The van der Waals surface area contributed by atoms with Gasteiger partial charge >= 0.3 is 5.97 Å². The van der Waals surface area contributed by atoms with Gasteiger partial charge in [-0.3, -0.25) is 4.79 Å². The lowest BCUT2D eigenvalue weighted by atomic mass is 9.81. The van der Waals surface area contributed by atoms with Gasteiger partial charge in [0.1, 0.15) is 0 Å². The molecule has 1 aromatic rings. The van der Waals surface area contributed by atoms with Crippen LogP contribution in [0, 0.1) is 12.8 Å². The molecule has 100 valence electrons. The summed E-state index contributed by atoms with van der Waals surface area (Å²) < 4.78 is 4.89.